The third-order valence-electron chi connectivity index (χ3n) is 5.77. The van der Waals surface area contributed by atoms with E-state index in [0.29, 0.717) is 30.0 Å². The molecule has 3 aromatic rings. The summed E-state index contributed by atoms with van der Waals surface area (Å²) in [5.41, 5.74) is 2.98. The summed E-state index contributed by atoms with van der Waals surface area (Å²) >= 11 is 0. The van der Waals surface area contributed by atoms with Crippen LogP contribution in [-0.2, 0) is 11.2 Å². The molecule has 0 radical (unpaired) electrons. The van der Waals surface area contributed by atoms with E-state index >= 15 is 0 Å². The van der Waals surface area contributed by atoms with Gasteiger partial charge in [-0.2, -0.15) is 5.26 Å². The average molecular weight is 430 g/mol. The van der Waals surface area contributed by atoms with Gasteiger partial charge in [-0.05, 0) is 55.5 Å². The molecule has 2 heterocycles. The van der Waals surface area contributed by atoms with Crippen molar-refractivity contribution in [3.63, 3.8) is 0 Å². The van der Waals surface area contributed by atoms with Gasteiger partial charge in [-0.25, -0.2) is 9.97 Å². The summed E-state index contributed by atoms with van der Waals surface area (Å²) in [5.74, 6) is 0.0893. The minimum Gasteiger partial charge on any atom is -0.497 e. The fraction of sp³-hybridized carbons (Fsp3) is 0.360. The molecule has 1 fully saturated rings. The number of hydrogen-bond acceptors (Lipinski definition) is 6. The SMILES string of the molecule is COc1ccc(CCNC(=O)C(C#N)c2nc3ccccc3nc2N2CCCCC2)cc1. The molecule has 7 nitrogen and oxygen atoms in total. The number of nitriles is 1. The van der Waals surface area contributed by atoms with Gasteiger partial charge in [0.2, 0.25) is 5.91 Å². The Balaban J connectivity index is 1.54. The number of benzene rings is 2. The fourth-order valence-corrected chi connectivity index (χ4v) is 4.00. The molecule has 0 saturated carbocycles. The number of piperidine rings is 1. The number of fused-ring (bicyclic) bond motifs is 1. The number of para-hydroxylation sites is 2. The van der Waals surface area contributed by atoms with E-state index in [9.17, 15) is 10.1 Å². The van der Waals surface area contributed by atoms with Crippen molar-refractivity contribution >= 4 is 22.8 Å². The summed E-state index contributed by atoms with van der Waals surface area (Å²) in [6.45, 7) is 2.15. The summed E-state index contributed by atoms with van der Waals surface area (Å²) < 4.78 is 5.18. The van der Waals surface area contributed by atoms with Gasteiger partial charge in [0.15, 0.2) is 11.7 Å². The monoisotopic (exact) mass is 429 g/mol. The predicted molar refractivity (Wildman–Crippen MR) is 124 cm³/mol. The van der Waals surface area contributed by atoms with Crippen LogP contribution in [0.1, 0.15) is 36.4 Å². The molecular formula is C25H27N5O2. The quantitative estimate of drug-likeness (QED) is 0.617. The van der Waals surface area contributed by atoms with Crippen molar-refractivity contribution in [3.05, 3.63) is 59.8 Å². The van der Waals surface area contributed by atoms with Crippen molar-refractivity contribution in [2.75, 3.05) is 31.6 Å². The predicted octanol–water partition coefficient (Wildman–Crippen LogP) is 3.59. The summed E-state index contributed by atoms with van der Waals surface area (Å²) in [6, 6.07) is 17.5. The Morgan fingerprint density at radius 1 is 1.09 bits per heavy atom. The molecule has 1 aromatic heterocycles. The Labute approximate surface area is 188 Å². The first kappa shape index (κ1) is 21.6. The van der Waals surface area contributed by atoms with Crippen molar-refractivity contribution in [1.82, 2.24) is 15.3 Å². The van der Waals surface area contributed by atoms with E-state index in [1.807, 2.05) is 48.5 Å². The number of carbonyl (C=O) groups is 1. The first-order valence-electron chi connectivity index (χ1n) is 11.0. The van der Waals surface area contributed by atoms with E-state index in [2.05, 4.69) is 16.3 Å². The molecule has 2 aromatic carbocycles. The van der Waals surface area contributed by atoms with Gasteiger partial charge in [-0.1, -0.05) is 24.3 Å². The van der Waals surface area contributed by atoms with E-state index in [1.54, 1.807) is 7.11 Å². The maximum absolute atomic E-state index is 13.0. The number of anilines is 1. The molecule has 1 aliphatic heterocycles. The van der Waals surface area contributed by atoms with Crippen LogP contribution < -0.4 is 15.0 Å². The topological polar surface area (TPSA) is 91.1 Å². The number of amides is 1. The normalized spacial score (nSPS) is 14.6. The number of methoxy groups -OCH3 is 1. The maximum atomic E-state index is 13.0. The highest BCUT2D eigenvalue weighted by molar-refractivity contribution is 5.88. The third-order valence-corrected chi connectivity index (χ3v) is 5.77. The van der Waals surface area contributed by atoms with Crippen LogP contribution >= 0.6 is 0 Å². The molecular weight excluding hydrogens is 402 g/mol. The van der Waals surface area contributed by atoms with Crippen LogP contribution in [0.5, 0.6) is 5.75 Å². The molecule has 0 bridgehead atoms. The Bertz CT molecular complexity index is 1120. The number of nitrogens with one attached hydrogen (secondary N) is 1. The molecule has 32 heavy (non-hydrogen) atoms. The van der Waals surface area contributed by atoms with Gasteiger partial charge < -0.3 is 15.0 Å². The van der Waals surface area contributed by atoms with Crippen molar-refractivity contribution in [2.24, 2.45) is 0 Å². The van der Waals surface area contributed by atoms with Crippen molar-refractivity contribution in [3.8, 4) is 11.8 Å². The minimum atomic E-state index is -1.01. The standard InChI is InChI=1S/C25H27N5O2/c1-32-19-11-9-18(10-12-19)13-14-27-25(31)20(17-26)23-24(30-15-5-2-6-16-30)29-22-8-4-3-7-21(22)28-23/h3-4,7-12,20H,2,5-6,13-16H2,1H3,(H,27,31). The number of nitrogens with zero attached hydrogens (tertiary/aromatic N) is 4. The van der Waals surface area contributed by atoms with Gasteiger partial charge in [0, 0.05) is 19.6 Å². The molecule has 1 amide bonds. The third kappa shape index (κ3) is 4.80. The van der Waals surface area contributed by atoms with Gasteiger partial charge in [0.05, 0.1) is 24.2 Å². The molecule has 0 aliphatic carbocycles. The van der Waals surface area contributed by atoms with Gasteiger partial charge in [0.25, 0.3) is 0 Å². The maximum Gasteiger partial charge on any atom is 0.243 e. The fourth-order valence-electron chi connectivity index (χ4n) is 4.00. The van der Waals surface area contributed by atoms with E-state index in [0.717, 1.165) is 42.8 Å². The lowest BCUT2D eigenvalue weighted by atomic mass is 10.0. The van der Waals surface area contributed by atoms with Gasteiger partial charge in [-0.3, -0.25) is 4.79 Å². The summed E-state index contributed by atoms with van der Waals surface area (Å²) in [5, 5.41) is 12.8. The lowest BCUT2D eigenvalue weighted by molar-refractivity contribution is -0.121. The molecule has 7 heteroatoms. The van der Waals surface area contributed by atoms with Crippen molar-refractivity contribution < 1.29 is 9.53 Å². The highest BCUT2D eigenvalue weighted by Gasteiger charge is 2.29. The second-order valence-electron chi connectivity index (χ2n) is 7.92. The van der Waals surface area contributed by atoms with E-state index in [1.165, 1.54) is 6.42 Å². The minimum absolute atomic E-state index is 0.344. The largest absolute Gasteiger partial charge is 0.497 e. The first-order chi connectivity index (χ1) is 15.7. The number of aromatic nitrogens is 2. The Morgan fingerprint density at radius 2 is 1.78 bits per heavy atom. The summed E-state index contributed by atoms with van der Waals surface area (Å²) in [7, 11) is 1.63. The van der Waals surface area contributed by atoms with E-state index < -0.39 is 5.92 Å². The van der Waals surface area contributed by atoms with Crippen LogP contribution in [0.15, 0.2) is 48.5 Å². The molecule has 164 valence electrons. The molecule has 1 unspecified atom stereocenters. The molecule has 1 atom stereocenters. The first-order valence-corrected chi connectivity index (χ1v) is 11.0. The number of rotatable bonds is 7. The van der Waals surface area contributed by atoms with Crippen molar-refractivity contribution in [1.29, 1.82) is 5.26 Å². The van der Waals surface area contributed by atoms with Crippen LogP contribution in [0.3, 0.4) is 0 Å². The number of ether oxygens (including phenoxy) is 1. The van der Waals surface area contributed by atoms with Crippen molar-refractivity contribution in [2.45, 2.75) is 31.6 Å². The van der Waals surface area contributed by atoms with E-state index in [4.69, 9.17) is 14.7 Å². The molecule has 1 aliphatic rings. The summed E-state index contributed by atoms with van der Waals surface area (Å²) in [6.07, 6.45) is 3.98. The zero-order valence-corrected chi connectivity index (χ0v) is 18.3. The second kappa shape index (κ2) is 10.1. The zero-order chi connectivity index (χ0) is 22.3. The Morgan fingerprint density at radius 3 is 2.44 bits per heavy atom. The van der Waals surface area contributed by atoms with Gasteiger partial charge >= 0.3 is 0 Å². The molecule has 1 saturated heterocycles. The Kier molecular flexibility index (Phi) is 6.81. The Hall–Kier alpha value is -3.66. The average Bonchev–Trinajstić information content (AvgIpc) is 2.85. The molecule has 0 spiro atoms. The van der Waals surface area contributed by atoms with E-state index in [-0.39, 0.29) is 5.91 Å². The molecule has 4 rings (SSSR count). The van der Waals surface area contributed by atoms with Crippen LogP contribution in [-0.4, -0.2) is 42.6 Å². The second-order valence-corrected chi connectivity index (χ2v) is 7.92. The number of hydrogen-bond donors (Lipinski definition) is 1. The van der Waals surface area contributed by atoms with Gasteiger partial charge in [-0.15, -0.1) is 0 Å². The zero-order valence-electron chi connectivity index (χ0n) is 18.3. The molecule has 1 N–H and O–H groups in total. The highest BCUT2D eigenvalue weighted by atomic mass is 16.5. The van der Waals surface area contributed by atoms with Crippen LogP contribution in [0, 0.1) is 11.3 Å². The van der Waals surface area contributed by atoms with Crippen LogP contribution in [0.2, 0.25) is 0 Å². The van der Waals surface area contributed by atoms with Crippen LogP contribution in [0.4, 0.5) is 5.82 Å². The van der Waals surface area contributed by atoms with Crippen LogP contribution in [0.25, 0.3) is 11.0 Å². The van der Waals surface area contributed by atoms with Gasteiger partial charge in [0.1, 0.15) is 11.4 Å². The highest BCUT2D eigenvalue weighted by Crippen LogP contribution is 2.29. The lowest BCUT2D eigenvalue weighted by Crippen LogP contribution is -2.35. The number of carbonyl (C=O) groups excluding carboxylic acids is 1. The lowest BCUT2D eigenvalue weighted by Gasteiger charge is -2.29. The summed E-state index contributed by atoms with van der Waals surface area (Å²) in [4.78, 5) is 24.7. The smallest absolute Gasteiger partial charge is 0.243 e.